The van der Waals surface area contributed by atoms with E-state index in [2.05, 4.69) is 20.8 Å². The van der Waals surface area contributed by atoms with Gasteiger partial charge < -0.3 is 20.3 Å². The number of rotatable bonds is 2. The van der Waals surface area contributed by atoms with E-state index in [4.69, 9.17) is 4.74 Å². The van der Waals surface area contributed by atoms with Gasteiger partial charge >= 0.3 is 12.1 Å². The number of nitrogens with zero attached hydrogens (tertiary/aromatic N) is 4. The number of carbonyl (C=O) groups is 2. The highest BCUT2D eigenvalue weighted by atomic mass is 16.6. The monoisotopic (exact) mass is 358 g/mol. The Kier molecular flexibility index (Phi) is 3.57. The van der Waals surface area contributed by atoms with Gasteiger partial charge in [0.15, 0.2) is 17.1 Å². The summed E-state index contributed by atoms with van der Waals surface area (Å²) in [5, 5.41) is 14.0. The maximum Gasteiger partial charge on any atom is 0.408 e. The molecule has 0 bridgehead atoms. The van der Waals surface area contributed by atoms with Gasteiger partial charge in [-0.15, -0.1) is 10.2 Å². The second kappa shape index (κ2) is 5.58. The number of hydrogen-bond acceptors (Lipinski definition) is 5. The second-order valence-corrected chi connectivity index (χ2v) is 7.51. The Balaban J connectivity index is 1.43. The Bertz CT molecular complexity index is 892. The molecule has 2 aliphatic rings. The van der Waals surface area contributed by atoms with Crippen LogP contribution in [0, 0.1) is 6.92 Å². The minimum Gasteiger partial charge on any atom is -0.438 e. The molecule has 3 amide bonds. The number of aromatic nitrogens is 3. The zero-order valence-corrected chi connectivity index (χ0v) is 15.1. The van der Waals surface area contributed by atoms with Crippen LogP contribution >= 0.6 is 0 Å². The fourth-order valence-corrected chi connectivity index (χ4v) is 3.68. The van der Waals surface area contributed by atoms with Crippen molar-refractivity contribution in [1.29, 1.82) is 0 Å². The Labute approximate surface area is 150 Å². The standard InChI is InChI=1S/C17H22N6O3/c1-11-4-5-12-20-21-13(23(12)9-11)8-18-14(24)22-7-6-17(10-22)16(2,3)19-15(25)26-17/h4-5,9H,6-8,10H2,1-3H3,(H,18,24)(H,19,25). The predicted molar refractivity (Wildman–Crippen MR) is 92.6 cm³/mol. The molecule has 4 rings (SSSR count). The van der Waals surface area contributed by atoms with E-state index in [9.17, 15) is 9.59 Å². The summed E-state index contributed by atoms with van der Waals surface area (Å²) in [6.07, 6.45) is 2.12. The average Bonchev–Trinajstić information content (AvgIpc) is 3.22. The van der Waals surface area contributed by atoms with Crippen molar-refractivity contribution in [2.45, 2.75) is 44.9 Å². The summed E-state index contributed by atoms with van der Waals surface area (Å²) in [5.41, 5.74) is 0.634. The molecule has 4 heterocycles. The number of carbonyl (C=O) groups excluding carboxylic acids is 2. The average molecular weight is 358 g/mol. The molecule has 2 saturated heterocycles. The first-order valence-electron chi connectivity index (χ1n) is 8.64. The van der Waals surface area contributed by atoms with Gasteiger partial charge in [-0.1, -0.05) is 6.07 Å². The van der Waals surface area contributed by atoms with Crippen molar-refractivity contribution in [3.63, 3.8) is 0 Å². The Morgan fingerprint density at radius 3 is 2.92 bits per heavy atom. The summed E-state index contributed by atoms with van der Waals surface area (Å²) in [5.74, 6) is 0.667. The summed E-state index contributed by atoms with van der Waals surface area (Å²) in [6, 6.07) is 3.65. The van der Waals surface area contributed by atoms with Gasteiger partial charge in [0, 0.05) is 19.2 Å². The van der Waals surface area contributed by atoms with Gasteiger partial charge in [0.25, 0.3) is 0 Å². The lowest BCUT2D eigenvalue weighted by atomic mass is 9.83. The predicted octanol–water partition coefficient (Wildman–Crippen LogP) is 1.21. The van der Waals surface area contributed by atoms with Crippen LogP contribution in [0.4, 0.5) is 9.59 Å². The molecular weight excluding hydrogens is 336 g/mol. The number of likely N-dealkylation sites (tertiary alicyclic amines) is 1. The van der Waals surface area contributed by atoms with E-state index in [-0.39, 0.29) is 12.6 Å². The fraction of sp³-hybridized carbons (Fsp3) is 0.529. The van der Waals surface area contributed by atoms with Gasteiger partial charge in [-0.05, 0) is 32.4 Å². The zero-order valence-electron chi connectivity index (χ0n) is 15.1. The number of hydrogen-bond donors (Lipinski definition) is 2. The number of ether oxygens (including phenoxy) is 1. The van der Waals surface area contributed by atoms with Gasteiger partial charge in [-0.3, -0.25) is 4.40 Å². The first kappa shape index (κ1) is 16.6. The smallest absolute Gasteiger partial charge is 0.408 e. The summed E-state index contributed by atoms with van der Waals surface area (Å²) in [4.78, 5) is 25.9. The molecular formula is C17H22N6O3. The van der Waals surface area contributed by atoms with Crippen LogP contribution in [0.5, 0.6) is 0 Å². The number of urea groups is 1. The van der Waals surface area contributed by atoms with Crippen LogP contribution in [0.3, 0.4) is 0 Å². The number of alkyl carbamates (subject to hydrolysis) is 1. The molecule has 0 radical (unpaired) electrons. The molecule has 138 valence electrons. The van der Waals surface area contributed by atoms with Crippen LogP contribution in [-0.2, 0) is 11.3 Å². The van der Waals surface area contributed by atoms with Crippen molar-refractivity contribution in [3.8, 4) is 0 Å². The first-order valence-corrected chi connectivity index (χ1v) is 8.64. The van der Waals surface area contributed by atoms with Crippen molar-refractivity contribution in [3.05, 3.63) is 29.7 Å². The largest absolute Gasteiger partial charge is 0.438 e. The van der Waals surface area contributed by atoms with Crippen molar-refractivity contribution in [1.82, 2.24) is 30.1 Å². The third-order valence-corrected chi connectivity index (χ3v) is 5.38. The molecule has 2 aromatic rings. The molecule has 26 heavy (non-hydrogen) atoms. The first-order chi connectivity index (χ1) is 12.3. The molecule has 2 aliphatic heterocycles. The Morgan fingerprint density at radius 2 is 2.19 bits per heavy atom. The molecule has 0 aliphatic carbocycles. The van der Waals surface area contributed by atoms with Crippen LogP contribution < -0.4 is 10.6 Å². The van der Waals surface area contributed by atoms with Crippen LogP contribution in [0.25, 0.3) is 5.65 Å². The molecule has 1 spiro atoms. The van der Waals surface area contributed by atoms with Crippen molar-refractivity contribution in [2.75, 3.05) is 13.1 Å². The molecule has 1 unspecified atom stereocenters. The van der Waals surface area contributed by atoms with Crippen LogP contribution in [0.1, 0.15) is 31.7 Å². The lowest BCUT2D eigenvalue weighted by Gasteiger charge is -2.34. The van der Waals surface area contributed by atoms with E-state index in [0.717, 1.165) is 11.2 Å². The quantitative estimate of drug-likeness (QED) is 0.840. The number of pyridine rings is 1. The van der Waals surface area contributed by atoms with Crippen molar-refractivity contribution < 1.29 is 14.3 Å². The highest BCUT2D eigenvalue weighted by Gasteiger charge is 2.58. The van der Waals surface area contributed by atoms with Gasteiger partial charge in [0.05, 0.1) is 18.6 Å². The number of fused-ring (bicyclic) bond motifs is 1. The third-order valence-electron chi connectivity index (χ3n) is 5.38. The molecule has 2 aromatic heterocycles. The molecule has 0 saturated carbocycles. The number of aryl methyl sites for hydroxylation is 1. The molecule has 9 heteroatoms. The molecule has 1 atom stereocenters. The summed E-state index contributed by atoms with van der Waals surface area (Å²) >= 11 is 0. The normalized spacial score (nSPS) is 24.1. The van der Waals surface area contributed by atoms with E-state index in [0.29, 0.717) is 25.3 Å². The molecule has 2 N–H and O–H groups in total. The Morgan fingerprint density at radius 1 is 1.38 bits per heavy atom. The zero-order chi connectivity index (χ0) is 18.5. The Hall–Kier alpha value is -2.84. The van der Waals surface area contributed by atoms with Crippen molar-refractivity contribution in [2.24, 2.45) is 0 Å². The van der Waals surface area contributed by atoms with E-state index < -0.39 is 17.2 Å². The number of amides is 3. The van der Waals surface area contributed by atoms with Gasteiger partial charge in [0.2, 0.25) is 0 Å². The maximum absolute atomic E-state index is 12.6. The lowest BCUT2D eigenvalue weighted by molar-refractivity contribution is 0.0220. The van der Waals surface area contributed by atoms with Crippen molar-refractivity contribution >= 4 is 17.8 Å². The maximum atomic E-state index is 12.6. The SMILES string of the molecule is Cc1ccc2nnc(CNC(=O)N3CCC4(C3)OC(=O)NC4(C)C)n2c1. The molecule has 9 nitrogen and oxygen atoms in total. The molecule has 0 aromatic carbocycles. The highest BCUT2D eigenvalue weighted by Crippen LogP contribution is 2.39. The summed E-state index contributed by atoms with van der Waals surface area (Å²) < 4.78 is 7.40. The van der Waals surface area contributed by atoms with Gasteiger partial charge in [0.1, 0.15) is 0 Å². The van der Waals surface area contributed by atoms with E-state index in [1.807, 2.05) is 43.5 Å². The van der Waals surface area contributed by atoms with Gasteiger partial charge in [-0.2, -0.15) is 0 Å². The molecule has 2 fully saturated rings. The fourth-order valence-electron chi connectivity index (χ4n) is 3.68. The summed E-state index contributed by atoms with van der Waals surface area (Å²) in [7, 11) is 0. The minimum absolute atomic E-state index is 0.204. The minimum atomic E-state index is -0.680. The number of nitrogens with one attached hydrogen (secondary N) is 2. The second-order valence-electron chi connectivity index (χ2n) is 7.51. The van der Waals surface area contributed by atoms with E-state index in [1.165, 1.54) is 0 Å². The van der Waals surface area contributed by atoms with Crippen LogP contribution in [-0.4, -0.2) is 55.9 Å². The van der Waals surface area contributed by atoms with E-state index in [1.54, 1.807) is 4.90 Å². The lowest BCUT2D eigenvalue weighted by Crippen LogP contribution is -2.54. The van der Waals surface area contributed by atoms with Crippen LogP contribution in [0.2, 0.25) is 0 Å². The topological polar surface area (TPSA) is 101 Å². The van der Waals surface area contributed by atoms with E-state index >= 15 is 0 Å². The van der Waals surface area contributed by atoms with Crippen LogP contribution in [0.15, 0.2) is 18.3 Å². The highest BCUT2D eigenvalue weighted by molar-refractivity contribution is 5.76. The summed E-state index contributed by atoms with van der Waals surface area (Å²) in [6.45, 7) is 7.00. The third kappa shape index (κ3) is 2.54. The van der Waals surface area contributed by atoms with Gasteiger partial charge in [-0.25, -0.2) is 9.59 Å².